The summed E-state index contributed by atoms with van der Waals surface area (Å²) in [5.74, 6) is 1.50. The maximum Gasteiger partial charge on any atom is 0.256 e. The van der Waals surface area contributed by atoms with Gasteiger partial charge in [-0.25, -0.2) is 0 Å². The van der Waals surface area contributed by atoms with E-state index in [9.17, 15) is 9.59 Å². The molecule has 1 aromatic heterocycles. The third-order valence-electron chi connectivity index (χ3n) is 4.64. The molecule has 0 unspecified atom stereocenters. The summed E-state index contributed by atoms with van der Waals surface area (Å²) < 4.78 is 7.83. The van der Waals surface area contributed by atoms with Crippen LogP contribution in [-0.2, 0) is 6.54 Å². The highest BCUT2D eigenvalue weighted by molar-refractivity contribution is 6.04. The summed E-state index contributed by atoms with van der Waals surface area (Å²) in [5.41, 5.74) is 4.12. The summed E-state index contributed by atoms with van der Waals surface area (Å²) in [5, 5.41) is 7.36. The second-order valence-electron chi connectivity index (χ2n) is 7.84. The van der Waals surface area contributed by atoms with E-state index in [1.54, 1.807) is 24.3 Å². The molecule has 0 saturated heterocycles. The van der Waals surface area contributed by atoms with Crippen LogP contribution in [0.1, 0.15) is 65.2 Å². The first-order chi connectivity index (χ1) is 15.4. The highest BCUT2D eigenvalue weighted by Crippen LogP contribution is 2.23. The first-order valence-electron chi connectivity index (χ1n) is 11.0. The lowest BCUT2D eigenvalue weighted by atomic mass is 10.1. The quantitative estimate of drug-likeness (QED) is 0.462. The van der Waals surface area contributed by atoms with Gasteiger partial charge in [-0.3, -0.25) is 14.3 Å². The largest absolute Gasteiger partial charge is 0.493 e. The minimum Gasteiger partial charge on any atom is -0.493 e. The number of hydrogen-bond donors (Lipinski definition) is 1. The van der Waals surface area contributed by atoms with E-state index in [2.05, 4.69) is 30.3 Å². The van der Waals surface area contributed by atoms with Crippen LogP contribution in [0.3, 0.4) is 0 Å². The molecular formula is C26H33N3O3. The Hall–Kier alpha value is -3.41. The van der Waals surface area contributed by atoms with Crippen molar-refractivity contribution in [3.05, 3.63) is 76.5 Å². The molecule has 1 amide bonds. The first-order valence-corrected chi connectivity index (χ1v) is 11.0. The minimum absolute atomic E-state index is 0.270. The molecule has 32 heavy (non-hydrogen) atoms. The Morgan fingerprint density at radius 3 is 2.41 bits per heavy atom. The topological polar surface area (TPSA) is 73.2 Å². The number of carbonyl (C=O) groups is 2. The van der Waals surface area contributed by atoms with Gasteiger partial charge in [0.05, 0.1) is 13.2 Å². The Morgan fingerprint density at radius 2 is 1.78 bits per heavy atom. The smallest absolute Gasteiger partial charge is 0.256 e. The van der Waals surface area contributed by atoms with E-state index in [-0.39, 0.29) is 5.91 Å². The van der Waals surface area contributed by atoms with Crippen LogP contribution in [0.2, 0.25) is 0 Å². The summed E-state index contributed by atoms with van der Waals surface area (Å²) in [7, 11) is 0. The van der Waals surface area contributed by atoms with Crippen molar-refractivity contribution in [3.8, 4) is 5.75 Å². The minimum atomic E-state index is -0.270. The molecule has 0 aliphatic rings. The van der Waals surface area contributed by atoms with Crippen LogP contribution in [-0.4, -0.2) is 28.6 Å². The van der Waals surface area contributed by atoms with Gasteiger partial charge in [-0.1, -0.05) is 57.5 Å². The second-order valence-corrected chi connectivity index (χ2v) is 7.84. The number of ether oxygens (including phenoxy) is 1. The first kappa shape index (κ1) is 24.9. The summed E-state index contributed by atoms with van der Waals surface area (Å²) in [6.45, 7) is 13.4. The summed E-state index contributed by atoms with van der Waals surface area (Å²) in [4.78, 5) is 23.2. The monoisotopic (exact) mass is 435 g/mol. The van der Waals surface area contributed by atoms with Gasteiger partial charge in [0.25, 0.3) is 5.91 Å². The third-order valence-corrected chi connectivity index (χ3v) is 4.64. The van der Waals surface area contributed by atoms with Crippen molar-refractivity contribution in [2.24, 2.45) is 5.92 Å². The molecule has 0 aliphatic heterocycles. The maximum absolute atomic E-state index is 12.5. The van der Waals surface area contributed by atoms with E-state index < -0.39 is 0 Å². The number of aldehydes is 1. The molecule has 0 spiro atoms. The van der Waals surface area contributed by atoms with Crippen LogP contribution in [0, 0.1) is 19.8 Å². The van der Waals surface area contributed by atoms with Crippen LogP contribution in [0.15, 0.2) is 48.5 Å². The molecule has 0 saturated carbocycles. The zero-order valence-electron chi connectivity index (χ0n) is 19.8. The van der Waals surface area contributed by atoms with Gasteiger partial charge in [0.15, 0.2) is 5.82 Å². The van der Waals surface area contributed by atoms with Gasteiger partial charge in [-0.15, -0.1) is 0 Å². The van der Waals surface area contributed by atoms with E-state index in [0.717, 1.165) is 28.9 Å². The van der Waals surface area contributed by atoms with Gasteiger partial charge >= 0.3 is 0 Å². The second kappa shape index (κ2) is 11.8. The zero-order valence-corrected chi connectivity index (χ0v) is 19.8. The van der Waals surface area contributed by atoms with Crippen molar-refractivity contribution in [1.82, 2.24) is 9.78 Å². The molecule has 0 fully saturated rings. The number of anilines is 1. The number of amides is 1. The molecule has 3 rings (SSSR count). The fourth-order valence-electron chi connectivity index (χ4n) is 3.02. The van der Waals surface area contributed by atoms with E-state index in [1.807, 2.05) is 50.6 Å². The molecule has 1 heterocycles. The number of carbonyl (C=O) groups excluding carboxylic acids is 2. The molecule has 0 radical (unpaired) electrons. The number of aromatic nitrogens is 2. The maximum atomic E-state index is 12.5. The number of nitrogens with zero attached hydrogens (tertiary/aromatic N) is 2. The fourth-order valence-corrected chi connectivity index (χ4v) is 3.02. The van der Waals surface area contributed by atoms with Crippen molar-refractivity contribution in [2.75, 3.05) is 11.9 Å². The lowest BCUT2D eigenvalue weighted by Crippen LogP contribution is -2.13. The van der Waals surface area contributed by atoms with Gasteiger partial charge in [-0.2, -0.15) is 5.10 Å². The normalized spacial score (nSPS) is 10.3. The number of hydrogen-bond acceptors (Lipinski definition) is 4. The van der Waals surface area contributed by atoms with Crippen molar-refractivity contribution in [1.29, 1.82) is 0 Å². The van der Waals surface area contributed by atoms with Crippen LogP contribution < -0.4 is 10.1 Å². The molecule has 2 aromatic carbocycles. The number of benzene rings is 2. The van der Waals surface area contributed by atoms with Gasteiger partial charge in [0, 0.05) is 28.5 Å². The number of aryl methyl sites for hydroxylation is 2. The van der Waals surface area contributed by atoms with Crippen molar-refractivity contribution in [2.45, 2.75) is 48.1 Å². The number of nitrogens with one attached hydrogen (secondary N) is 1. The van der Waals surface area contributed by atoms with Crippen molar-refractivity contribution < 1.29 is 14.3 Å². The molecule has 1 N–H and O–H groups in total. The van der Waals surface area contributed by atoms with E-state index in [4.69, 9.17) is 4.74 Å². The fraction of sp³-hybridized carbons (Fsp3) is 0.346. The van der Waals surface area contributed by atoms with Crippen LogP contribution in [0.25, 0.3) is 0 Å². The molecule has 3 aromatic rings. The molecule has 0 bridgehead atoms. The van der Waals surface area contributed by atoms with Crippen molar-refractivity contribution in [3.63, 3.8) is 0 Å². The van der Waals surface area contributed by atoms with Crippen LogP contribution in [0.5, 0.6) is 5.75 Å². The van der Waals surface area contributed by atoms with E-state index in [0.29, 0.717) is 36.0 Å². The lowest BCUT2D eigenvalue weighted by Gasteiger charge is -2.14. The zero-order chi connectivity index (χ0) is 23.7. The molecule has 6 heteroatoms. The molecule has 0 atom stereocenters. The Kier molecular flexibility index (Phi) is 9.20. The highest BCUT2D eigenvalue weighted by atomic mass is 16.5. The predicted octanol–water partition coefficient (Wildman–Crippen LogP) is 5.67. The Balaban J connectivity index is 0.00000176. The van der Waals surface area contributed by atoms with Gasteiger partial charge < -0.3 is 10.1 Å². The molecular weight excluding hydrogens is 402 g/mol. The Morgan fingerprint density at radius 1 is 1.09 bits per heavy atom. The molecule has 0 aliphatic carbocycles. The molecule has 170 valence electrons. The summed E-state index contributed by atoms with van der Waals surface area (Å²) in [6.07, 6.45) is 0.747. The van der Waals surface area contributed by atoms with E-state index in [1.165, 1.54) is 0 Å². The predicted molar refractivity (Wildman–Crippen MR) is 129 cm³/mol. The van der Waals surface area contributed by atoms with Gasteiger partial charge in [-0.05, 0) is 38.0 Å². The third kappa shape index (κ3) is 6.80. The summed E-state index contributed by atoms with van der Waals surface area (Å²) >= 11 is 0. The average molecular weight is 436 g/mol. The van der Waals surface area contributed by atoms with E-state index >= 15 is 0 Å². The number of rotatable bonds is 8. The Labute approximate surface area is 190 Å². The lowest BCUT2D eigenvalue weighted by molar-refractivity contribution is 0.102. The average Bonchev–Trinajstić information content (AvgIpc) is 3.13. The van der Waals surface area contributed by atoms with Crippen molar-refractivity contribution >= 4 is 18.0 Å². The van der Waals surface area contributed by atoms with Gasteiger partial charge in [0.1, 0.15) is 12.0 Å². The standard InChI is InChI=1S/C24H27N3O3.C2H6/c1-16(2)15-30-22-10-5-17(3)11-21(22)13-27-18(4)12-23(26-27)25-24(29)20-8-6-19(14-28)7-9-20;1-2/h5-12,14,16H,13,15H2,1-4H3,(H,25,26,29);1-2H3. The SMILES string of the molecule is CC.Cc1ccc(OCC(C)C)c(Cn2nc(NC(=O)c3ccc(C=O)cc3)cc2C)c1. The van der Waals surface area contributed by atoms with Crippen LogP contribution in [0.4, 0.5) is 5.82 Å². The highest BCUT2D eigenvalue weighted by Gasteiger charge is 2.13. The molecule has 6 nitrogen and oxygen atoms in total. The van der Waals surface area contributed by atoms with Gasteiger partial charge in [0.2, 0.25) is 0 Å². The van der Waals surface area contributed by atoms with Crippen LogP contribution >= 0.6 is 0 Å². The summed E-state index contributed by atoms with van der Waals surface area (Å²) in [6, 6.07) is 14.4. The Bertz CT molecular complexity index is 1040.